The summed E-state index contributed by atoms with van der Waals surface area (Å²) >= 11 is 0. The van der Waals surface area contributed by atoms with E-state index in [4.69, 9.17) is 4.74 Å². The average molecular weight is 250 g/mol. The van der Waals surface area contributed by atoms with E-state index in [1.54, 1.807) is 41.5 Å². The molecule has 0 saturated carbocycles. The molecule has 0 fully saturated rings. The van der Waals surface area contributed by atoms with Crippen LogP contribution >= 0.6 is 0 Å². The van der Waals surface area contributed by atoms with Crippen LogP contribution in [0.15, 0.2) is 0 Å². The highest BCUT2D eigenvalue weighted by molar-refractivity contribution is 4.89. The predicted molar refractivity (Wildman–Crippen MR) is 64.1 cm³/mol. The molecule has 17 heavy (non-hydrogen) atoms. The third-order valence-corrected chi connectivity index (χ3v) is 3.11. The van der Waals surface area contributed by atoms with Gasteiger partial charge in [0.25, 0.3) is 0 Å². The Hall–Kier alpha value is -0.200. The summed E-state index contributed by atoms with van der Waals surface area (Å²) in [6, 6.07) is 0. The number of ether oxygens (including phenoxy) is 1. The molecule has 0 heterocycles. The highest BCUT2D eigenvalue weighted by Crippen LogP contribution is 2.40. The smallest absolute Gasteiger partial charge is 0.197 e. The molecule has 0 saturated heterocycles. The molecule has 104 valence electrons. The van der Waals surface area contributed by atoms with Crippen molar-refractivity contribution < 1.29 is 25.2 Å². The van der Waals surface area contributed by atoms with Crippen LogP contribution in [-0.2, 0) is 4.74 Å². The van der Waals surface area contributed by atoms with Gasteiger partial charge in [0.05, 0.1) is 13.2 Å². The molecular formula is C12H26O5. The fourth-order valence-electron chi connectivity index (χ4n) is 1.12. The zero-order valence-electron chi connectivity index (χ0n) is 11.6. The van der Waals surface area contributed by atoms with Crippen LogP contribution in [0.5, 0.6) is 0 Å². The molecule has 5 nitrogen and oxygen atoms in total. The van der Waals surface area contributed by atoms with Gasteiger partial charge in [-0.1, -0.05) is 41.5 Å². The minimum Gasteiger partial charge on any atom is -0.391 e. The third-order valence-electron chi connectivity index (χ3n) is 3.11. The van der Waals surface area contributed by atoms with Crippen molar-refractivity contribution >= 4 is 0 Å². The molecule has 0 aromatic rings. The first-order chi connectivity index (χ1) is 7.33. The van der Waals surface area contributed by atoms with Crippen molar-refractivity contribution in [3.8, 4) is 0 Å². The Kier molecular flexibility index (Phi) is 4.76. The van der Waals surface area contributed by atoms with Crippen LogP contribution in [-0.4, -0.2) is 45.2 Å². The summed E-state index contributed by atoms with van der Waals surface area (Å²) in [7, 11) is 0. The molecule has 0 aliphatic rings. The Morgan fingerprint density at radius 1 is 0.706 bits per heavy atom. The van der Waals surface area contributed by atoms with Gasteiger partial charge in [0.2, 0.25) is 0 Å². The molecule has 2 unspecified atom stereocenters. The number of rotatable bonds is 4. The molecule has 0 rings (SSSR count). The van der Waals surface area contributed by atoms with Crippen LogP contribution in [0.4, 0.5) is 0 Å². The van der Waals surface area contributed by atoms with Crippen LogP contribution < -0.4 is 0 Å². The molecule has 0 aromatic heterocycles. The molecule has 0 radical (unpaired) electrons. The fourth-order valence-corrected chi connectivity index (χ4v) is 1.12. The molecule has 5 heteroatoms. The minimum absolute atomic E-state index is 0.672. The molecular weight excluding hydrogens is 224 g/mol. The summed E-state index contributed by atoms with van der Waals surface area (Å²) in [6.07, 6.45) is 0. The van der Waals surface area contributed by atoms with Crippen LogP contribution in [0, 0.1) is 10.8 Å². The lowest BCUT2D eigenvalue weighted by Crippen LogP contribution is -2.60. The first kappa shape index (κ1) is 16.8. The fraction of sp³-hybridized carbons (Fsp3) is 1.00. The zero-order chi connectivity index (χ0) is 14.1. The van der Waals surface area contributed by atoms with E-state index in [9.17, 15) is 20.4 Å². The largest absolute Gasteiger partial charge is 0.391 e. The third kappa shape index (κ3) is 3.39. The zero-order valence-corrected chi connectivity index (χ0v) is 11.6. The van der Waals surface area contributed by atoms with Crippen molar-refractivity contribution in [2.24, 2.45) is 10.8 Å². The van der Waals surface area contributed by atoms with Gasteiger partial charge in [-0.2, -0.15) is 0 Å². The number of hydrogen-bond acceptors (Lipinski definition) is 5. The van der Waals surface area contributed by atoms with E-state index in [0.29, 0.717) is 0 Å². The van der Waals surface area contributed by atoms with Gasteiger partial charge >= 0.3 is 0 Å². The maximum atomic E-state index is 10.2. The monoisotopic (exact) mass is 250 g/mol. The van der Waals surface area contributed by atoms with E-state index < -0.39 is 35.6 Å². The second-order valence-corrected chi connectivity index (χ2v) is 6.49. The lowest BCUT2D eigenvalue weighted by atomic mass is 9.82. The van der Waals surface area contributed by atoms with Crippen LogP contribution in [0.3, 0.4) is 0 Å². The summed E-state index contributed by atoms with van der Waals surface area (Å²) in [4.78, 5) is 0. The Bertz CT molecular complexity index is 227. The van der Waals surface area contributed by atoms with E-state index in [1.807, 2.05) is 0 Å². The molecule has 0 spiro atoms. The summed E-state index contributed by atoms with van der Waals surface area (Å²) in [5, 5.41) is 39.0. The Balaban J connectivity index is 5.27. The molecule has 0 aliphatic heterocycles. The normalized spacial score (nSPS) is 20.8. The van der Waals surface area contributed by atoms with Crippen molar-refractivity contribution in [2.45, 2.75) is 53.1 Å². The van der Waals surface area contributed by atoms with E-state index in [1.165, 1.54) is 0 Å². The Morgan fingerprint density at radius 2 is 0.941 bits per heavy atom. The van der Waals surface area contributed by atoms with Crippen molar-refractivity contribution in [2.75, 3.05) is 13.2 Å². The van der Waals surface area contributed by atoms with Crippen molar-refractivity contribution in [1.29, 1.82) is 0 Å². The van der Waals surface area contributed by atoms with Gasteiger partial charge in [0.1, 0.15) is 0 Å². The Morgan fingerprint density at radius 3 is 1.06 bits per heavy atom. The summed E-state index contributed by atoms with van der Waals surface area (Å²) in [5.74, 6) is -3.87. The van der Waals surface area contributed by atoms with E-state index >= 15 is 0 Å². The maximum Gasteiger partial charge on any atom is 0.197 e. The lowest BCUT2D eigenvalue weighted by molar-refractivity contribution is -0.404. The maximum absolute atomic E-state index is 10.2. The van der Waals surface area contributed by atoms with Gasteiger partial charge in [-0.3, -0.25) is 0 Å². The highest BCUT2D eigenvalue weighted by Gasteiger charge is 2.51. The molecule has 0 aliphatic carbocycles. The van der Waals surface area contributed by atoms with Gasteiger partial charge in [-0.15, -0.1) is 0 Å². The second-order valence-electron chi connectivity index (χ2n) is 6.49. The quantitative estimate of drug-likeness (QED) is 0.544. The van der Waals surface area contributed by atoms with Crippen molar-refractivity contribution in [3.63, 3.8) is 0 Å². The second kappa shape index (κ2) is 4.82. The molecule has 0 aromatic carbocycles. The summed E-state index contributed by atoms with van der Waals surface area (Å²) in [6.45, 7) is 8.68. The lowest BCUT2D eigenvalue weighted by Gasteiger charge is -2.47. The van der Waals surface area contributed by atoms with Crippen LogP contribution in [0.25, 0.3) is 0 Å². The van der Waals surface area contributed by atoms with E-state index in [-0.39, 0.29) is 0 Å². The van der Waals surface area contributed by atoms with Gasteiger partial charge < -0.3 is 25.2 Å². The topological polar surface area (TPSA) is 90.2 Å². The van der Waals surface area contributed by atoms with Gasteiger partial charge in [-0.05, 0) is 0 Å². The first-order valence-corrected chi connectivity index (χ1v) is 5.70. The number of aliphatic hydroxyl groups is 4. The Labute approximate surface area is 103 Å². The van der Waals surface area contributed by atoms with Crippen LogP contribution in [0.2, 0.25) is 0 Å². The summed E-state index contributed by atoms with van der Waals surface area (Å²) < 4.78 is 5.26. The standard InChI is InChI=1S/C12H26O5/c1-9(2,3)11(15,7-13)17-12(16,8-14)10(4,5)6/h13-16H,7-8H2,1-6H3. The van der Waals surface area contributed by atoms with Crippen LogP contribution in [0.1, 0.15) is 41.5 Å². The number of aliphatic hydroxyl groups excluding tert-OH is 2. The highest BCUT2D eigenvalue weighted by atomic mass is 16.7. The molecule has 0 bridgehead atoms. The SMILES string of the molecule is CC(C)(C)C(O)(CO)OC(O)(CO)C(C)(C)C. The molecule has 0 amide bonds. The number of hydrogen-bond donors (Lipinski definition) is 4. The average Bonchev–Trinajstić information content (AvgIpc) is 2.13. The van der Waals surface area contributed by atoms with E-state index in [2.05, 4.69) is 0 Å². The van der Waals surface area contributed by atoms with Crippen molar-refractivity contribution in [1.82, 2.24) is 0 Å². The molecule has 4 N–H and O–H groups in total. The predicted octanol–water partition coefficient (Wildman–Crippen LogP) is 0.457. The van der Waals surface area contributed by atoms with Crippen molar-refractivity contribution in [3.05, 3.63) is 0 Å². The van der Waals surface area contributed by atoms with Gasteiger partial charge in [-0.25, -0.2) is 0 Å². The van der Waals surface area contributed by atoms with E-state index in [0.717, 1.165) is 0 Å². The first-order valence-electron chi connectivity index (χ1n) is 5.70. The summed E-state index contributed by atoms with van der Waals surface area (Å²) in [5.41, 5.74) is -1.62. The minimum atomic E-state index is -1.93. The van der Waals surface area contributed by atoms with Gasteiger partial charge in [0, 0.05) is 10.8 Å². The molecule has 2 atom stereocenters. The van der Waals surface area contributed by atoms with Gasteiger partial charge in [0.15, 0.2) is 11.6 Å².